The molecule has 1 aromatic rings. The highest BCUT2D eigenvalue weighted by Gasteiger charge is 2.12. The third kappa shape index (κ3) is 4.88. The average Bonchev–Trinajstić information content (AvgIpc) is 2.62. The lowest BCUT2D eigenvalue weighted by atomic mass is 10.3. The highest BCUT2D eigenvalue weighted by Crippen LogP contribution is 2.22. The van der Waals surface area contributed by atoms with Gasteiger partial charge in [0.05, 0.1) is 5.69 Å². The van der Waals surface area contributed by atoms with Crippen molar-refractivity contribution in [1.29, 1.82) is 0 Å². The summed E-state index contributed by atoms with van der Waals surface area (Å²) in [6.45, 7) is 7.14. The Labute approximate surface area is 123 Å². The maximum atomic E-state index is 11.3. The van der Waals surface area contributed by atoms with Crippen LogP contribution in [0.4, 0.5) is 4.79 Å². The number of aromatic nitrogens is 2. The van der Waals surface area contributed by atoms with Crippen LogP contribution in [0.5, 0.6) is 0 Å². The van der Waals surface area contributed by atoms with Crippen LogP contribution in [0, 0.1) is 13.8 Å². The van der Waals surface area contributed by atoms with Crippen molar-refractivity contribution in [3.05, 3.63) is 11.4 Å². The minimum atomic E-state index is -0.809. The van der Waals surface area contributed by atoms with Gasteiger partial charge in [-0.05, 0) is 20.3 Å². The molecule has 0 aliphatic heterocycles. The molecule has 0 radical (unpaired) electrons. The summed E-state index contributed by atoms with van der Waals surface area (Å²) < 4.78 is 2.19. The van der Waals surface area contributed by atoms with Gasteiger partial charge in [0, 0.05) is 24.4 Å². The van der Waals surface area contributed by atoms with Gasteiger partial charge in [-0.3, -0.25) is 10.1 Å². The van der Waals surface area contributed by atoms with Crippen LogP contribution >= 0.6 is 11.8 Å². The number of rotatable bonds is 7. The predicted molar refractivity (Wildman–Crippen MR) is 79.7 cm³/mol. The number of imidazole rings is 1. The van der Waals surface area contributed by atoms with Crippen molar-refractivity contribution in [3.8, 4) is 0 Å². The van der Waals surface area contributed by atoms with Gasteiger partial charge >= 0.3 is 6.03 Å². The van der Waals surface area contributed by atoms with Gasteiger partial charge in [0.2, 0.25) is 5.91 Å². The fraction of sp³-hybridized carbons (Fsp3) is 0.615. The molecule has 112 valence electrons. The van der Waals surface area contributed by atoms with E-state index in [1.54, 1.807) is 0 Å². The van der Waals surface area contributed by atoms with Crippen molar-refractivity contribution >= 4 is 23.7 Å². The van der Waals surface area contributed by atoms with E-state index in [-0.39, 0.29) is 12.3 Å². The molecule has 1 heterocycles. The number of nitrogens with zero attached hydrogens (tertiary/aromatic N) is 2. The van der Waals surface area contributed by atoms with E-state index in [0.717, 1.165) is 30.2 Å². The first-order valence-electron chi connectivity index (χ1n) is 6.71. The molecular formula is C13H22N4O2S. The summed E-state index contributed by atoms with van der Waals surface area (Å²) in [6, 6.07) is -0.809. The van der Waals surface area contributed by atoms with Crippen LogP contribution in [-0.2, 0) is 11.3 Å². The first-order chi connectivity index (χ1) is 9.45. The zero-order chi connectivity index (χ0) is 15.1. The fourth-order valence-electron chi connectivity index (χ4n) is 1.75. The second-order valence-corrected chi connectivity index (χ2v) is 5.64. The van der Waals surface area contributed by atoms with Crippen LogP contribution in [0.3, 0.4) is 0 Å². The highest BCUT2D eigenvalue weighted by molar-refractivity contribution is 7.99. The Morgan fingerprint density at radius 3 is 2.70 bits per heavy atom. The van der Waals surface area contributed by atoms with Crippen molar-refractivity contribution in [2.75, 3.05) is 5.75 Å². The third-order valence-corrected chi connectivity index (χ3v) is 3.96. The normalized spacial score (nSPS) is 10.6. The Balaban J connectivity index is 2.56. The molecular weight excluding hydrogens is 276 g/mol. The summed E-state index contributed by atoms with van der Waals surface area (Å²) in [5, 5.41) is 2.98. The number of aryl methyl sites for hydroxylation is 1. The Kier molecular flexibility index (Phi) is 6.57. The van der Waals surface area contributed by atoms with Crippen molar-refractivity contribution in [1.82, 2.24) is 14.9 Å². The molecule has 1 aromatic heterocycles. The average molecular weight is 298 g/mol. The molecule has 0 aliphatic carbocycles. The van der Waals surface area contributed by atoms with Crippen molar-refractivity contribution in [3.63, 3.8) is 0 Å². The maximum Gasteiger partial charge on any atom is 0.318 e. The monoisotopic (exact) mass is 298 g/mol. The molecule has 6 nitrogen and oxygen atoms in total. The van der Waals surface area contributed by atoms with Gasteiger partial charge < -0.3 is 10.3 Å². The maximum absolute atomic E-state index is 11.3. The van der Waals surface area contributed by atoms with E-state index >= 15 is 0 Å². The largest absolute Gasteiger partial charge is 0.351 e. The van der Waals surface area contributed by atoms with Crippen LogP contribution in [0.15, 0.2) is 5.16 Å². The van der Waals surface area contributed by atoms with Crippen molar-refractivity contribution in [2.45, 2.75) is 51.7 Å². The number of hydrogen-bond donors (Lipinski definition) is 2. The number of primary amides is 1. The molecule has 3 amide bonds. The van der Waals surface area contributed by atoms with E-state index in [9.17, 15) is 9.59 Å². The number of nitrogens with one attached hydrogen (secondary N) is 1. The Bertz CT molecular complexity index is 485. The van der Waals surface area contributed by atoms with Gasteiger partial charge in [0.15, 0.2) is 5.16 Å². The summed E-state index contributed by atoms with van der Waals surface area (Å²) in [5.41, 5.74) is 7.07. The number of thioether (sulfide) groups is 1. The van der Waals surface area contributed by atoms with Crippen molar-refractivity contribution < 1.29 is 9.59 Å². The van der Waals surface area contributed by atoms with Gasteiger partial charge in [-0.15, -0.1) is 0 Å². The van der Waals surface area contributed by atoms with E-state index in [0.29, 0.717) is 5.75 Å². The van der Waals surface area contributed by atoms with E-state index in [2.05, 4.69) is 28.7 Å². The van der Waals surface area contributed by atoms with E-state index in [1.165, 1.54) is 17.5 Å². The summed E-state index contributed by atoms with van der Waals surface area (Å²) in [7, 11) is 0. The zero-order valence-corrected chi connectivity index (χ0v) is 13.0. The number of amides is 3. The number of unbranched alkanes of at least 4 members (excludes halogenated alkanes) is 1. The standard InChI is InChI=1S/C13H22N4O2S/c1-4-5-7-17-10(3)9(2)15-13(17)20-8-6-11(18)16-12(14)19/h4-8H2,1-3H3,(H3,14,16,18,19). The quantitative estimate of drug-likeness (QED) is 0.753. The third-order valence-electron chi connectivity index (χ3n) is 2.98. The highest BCUT2D eigenvalue weighted by atomic mass is 32.2. The SMILES string of the molecule is CCCCn1c(SCCC(=O)NC(N)=O)nc(C)c1C. The number of hydrogen-bond acceptors (Lipinski definition) is 4. The number of nitrogens with two attached hydrogens (primary N) is 1. The Morgan fingerprint density at radius 1 is 1.40 bits per heavy atom. The van der Waals surface area contributed by atoms with Gasteiger partial charge in [0.1, 0.15) is 0 Å². The minimum absolute atomic E-state index is 0.242. The molecule has 0 aliphatic rings. The molecule has 0 spiro atoms. The molecule has 0 fully saturated rings. The van der Waals surface area contributed by atoms with Crippen LogP contribution in [0.2, 0.25) is 0 Å². The molecule has 0 bridgehead atoms. The summed E-state index contributed by atoms with van der Waals surface area (Å²) >= 11 is 1.53. The topological polar surface area (TPSA) is 90.0 Å². The minimum Gasteiger partial charge on any atom is -0.351 e. The van der Waals surface area contributed by atoms with Gasteiger partial charge in [-0.1, -0.05) is 25.1 Å². The number of urea groups is 1. The molecule has 0 saturated carbocycles. The molecule has 7 heteroatoms. The molecule has 20 heavy (non-hydrogen) atoms. The van der Waals surface area contributed by atoms with Crippen molar-refractivity contribution in [2.24, 2.45) is 5.73 Å². The number of carbonyl (C=O) groups excluding carboxylic acids is 2. The molecule has 3 N–H and O–H groups in total. The first-order valence-corrected chi connectivity index (χ1v) is 7.70. The second kappa shape index (κ2) is 7.94. The van der Waals surface area contributed by atoms with Crippen LogP contribution in [0.1, 0.15) is 37.6 Å². The lowest BCUT2D eigenvalue weighted by Crippen LogP contribution is -2.35. The first kappa shape index (κ1) is 16.6. The molecule has 0 unspecified atom stereocenters. The second-order valence-electron chi connectivity index (χ2n) is 4.58. The lowest BCUT2D eigenvalue weighted by molar-refractivity contribution is -0.119. The molecule has 0 saturated heterocycles. The van der Waals surface area contributed by atoms with Crippen LogP contribution in [-0.4, -0.2) is 27.2 Å². The van der Waals surface area contributed by atoms with Gasteiger partial charge in [0.25, 0.3) is 0 Å². The Hall–Kier alpha value is -1.50. The van der Waals surface area contributed by atoms with E-state index in [4.69, 9.17) is 5.73 Å². The van der Waals surface area contributed by atoms with Crippen LogP contribution in [0.25, 0.3) is 0 Å². The molecule has 0 atom stereocenters. The predicted octanol–water partition coefficient (Wildman–Crippen LogP) is 1.98. The number of carbonyl (C=O) groups is 2. The lowest BCUT2D eigenvalue weighted by Gasteiger charge is -2.08. The number of imide groups is 1. The fourth-order valence-corrected chi connectivity index (χ4v) is 2.80. The zero-order valence-electron chi connectivity index (χ0n) is 12.2. The van der Waals surface area contributed by atoms with E-state index in [1.807, 2.05) is 6.92 Å². The molecule has 0 aromatic carbocycles. The summed E-state index contributed by atoms with van der Waals surface area (Å²) in [4.78, 5) is 26.4. The van der Waals surface area contributed by atoms with E-state index < -0.39 is 6.03 Å². The Morgan fingerprint density at radius 2 is 2.10 bits per heavy atom. The summed E-state index contributed by atoms with van der Waals surface area (Å²) in [6.07, 6.45) is 2.47. The van der Waals surface area contributed by atoms with Crippen LogP contribution < -0.4 is 11.1 Å². The van der Waals surface area contributed by atoms with Gasteiger partial charge in [-0.2, -0.15) is 0 Å². The molecule has 1 rings (SSSR count). The summed E-state index contributed by atoms with van der Waals surface area (Å²) in [5.74, 6) is 0.214. The van der Waals surface area contributed by atoms with Gasteiger partial charge in [-0.25, -0.2) is 9.78 Å². The smallest absolute Gasteiger partial charge is 0.318 e.